The maximum Gasteiger partial charge on any atom is 0.309 e. The number of aliphatic carboxylic acids is 1. The molecule has 0 aliphatic rings. The first kappa shape index (κ1) is 15.0. The first-order valence-electron chi connectivity index (χ1n) is 6.20. The van der Waals surface area contributed by atoms with Crippen LogP contribution in [0.1, 0.15) is 12.1 Å². The summed E-state index contributed by atoms with van der Waals surface area (Å²) in [4.78, 5) is 22.3. The summed E-state index contributed by atoms with van der Waals surface area (Å²) >= 11 is 5.94. The molecular weight excluding hydrogens is 296 g/mol. The number of aryl methyl sites for hydroxylation is 1. The monoisotopic (exact) mass is 308 g/mol. The van der Waals surface area contributed by atoms with E-state index in [1.807, 2.05) is 0 Å². The summed E-state index contributed by atoms with van der Waals surface area (Å²) in [6.07, 6.45) is 1.50. The smallest absolute Gasteiger partial charge is 0.309 e. The van der Waals surface area contributed by atoms with Gasteiger partial charge in [0.25, 0.3) is 0 Å². The molecule has 0 bridgehead atoms. The van der Waals surface area contributed by atoms with Gasteiger partial charge in [-0.2, -0.15) is 0 Å². The summed E-state index contributed by atoms with van der Waals surface area (Å²) in [5.74, 6) is -1.18. The summed E-state index contributed by atoms with van der Waals surface area (Å²) in [7, 11) is 0. The van der Waals surface area contributed by atoms with E-state index in [4.69, 9.17) is 16.7 Å². The average molecular weight is 309 g/mol. The van der Waals surface area contributed by atoms with Crippen molar-refractivity contribution in [3.05, 3.63) is 41.2 Å². The Bertz CT molecular complexity index is 656. The Morgan fingerprint density at radius 2 is 2.10 bits per heavy atom. The molecule has 1 heterocycles. The SMILES string of the molecule is O=C(O)Cc1cn(CCC(=O)Nc2ccccc2Cl)nn1. The van der Waals surface area contributed by atoms with Gasteiger partial charge in [0, 0.05) is 12.6 Å². The van der Waals surface area contributed by atoms with E-state index in [9.17, 15) is 9.59 Å². The lowest BCUT2D eigenvalue weighted by Crippen LogP contribution is -2.15. The number of aromatic nitrogens is 3. The summed E-state index contributed by atoms with van der Waals surface area (Å²) in [6, 6.07) is 6.95. The number of benzene rings is 1. The van der Waals surface area contributed by atoms with Crippen LogP contribution < -0.4 is 5.32 Å². The van der Waals surface area contributed by atoms with Crippen LogP contribution in [-0.4, -0.2) is 32.0 Å². The first-order valence-corrected chi connectivity index (χ1v) is 6.57. The highest BCUT2D eigenvalue weighted by molar-refractivity contribution is 6.33. The molecule has 110 valence electrons. The topological polar surface area (TPSA) is 97.1 Å². The molecule has 0 atom stereocenters. The second-order valence-corrected chi connectivity index (χ2v) is 4.73. The third kappa shape index (κ3) is 4.57. The van der Waals surface area contributed by atoms with E-state index >= 15 is 0 Å². The van der Waals surface area contributed by atoms with Crippen molar-refractivity contribution in [1.29, 1.82) is 0 Å². The van der Waals surface area contributed by atoms with E-state index in [2.05, 4.69) is 15.6 Å². The van der Waals surface area contributed by atoms with Crippen molar-refractivity contribution in [3.63, 3.8) is 0 Å². The minimum Gasteiger partial charge on any atom is -0.481 e. The molecule has 0 spiro atoms. The minimum atomic E-state index is -0.974. The standard InChI is InChI=1S/C13H13ClN4O3/c14-10-3-1-2-4-11(10)15-12(19)5-6-18-8-9(16-17-18)7-13(20)21/h1-4,8H,5-7H2,(H,15,19)(H,20,21). The van der Waals surface area contributed by atoms with Gasteiger partial charge >= 0.3 is 5.97 Å². The summed E-state index contributed by atoms with van der Waals surface area (Å²) in [5, 5.41) is 19.3. The molecule has 8 heteroatoms. The lowest BCUT2D eigenvalue weighted by molar-refractivity contribution is -0.136. The molecule has 2 N–H and O–H groups in total. The van der Waals surface area contributed by atoms with Crippen molar-refractivity contribution >= 4 is 29.2 Å². The average Bonchev–Trinajstić information content (AvgIpc) is 2.86. The van der Waals surface area contributed by atoms with Gasteiger partial charge < -0.3 is 10.4 Å². The molecule has 1 aromatic carbocycles. The Balaban J connectivity index is 1.85. The summed E-state index contributed by atoms with van der Waals surface area (Å²) < 4.78 is 1.43. The molecule has 2 rings (SSSR count). The molecule has 0 saturated heterocycles. The highest BCUT2D eigenvalue weighted by atomic mass is 35.5. The van der Waals surface area contributed by atoms with Crippen LogP contribution in [0.5, 0.6) is 0 Å². The number of carbonyl (C=O) groups excluding carboxylic acids is 1. The van der Waals surface area contributed by atoms with Gasteiger partial charge in [0.05, 0.1) is 29.4 Å². The number of carboxylic acid groups (broad SMARTS) is 1. The van der Waals surface area contributed by atoms with Crippen molar-refractivity contribution < 1.29 is 14.7 Å². The lowest BCUT2D eigenvalue weighted by Gasteiger charge is -2.06. The number of halogens is 1. The number of para-hydroxylation sites is 1. The number of nitrogens with one attached hydrogen (secondary N) is 1. The molecule has 0 saturated carbocycles. The van der Waals surface area contributed by atoms with Gasteiger partial charge in [0.1, 0.15) is 0 Å². The number of hydrogen-bond donors (Lipinski definition) is 2. The number of anilines is 1. The predicted octanol–water partition coefficient (Wildman–Crippen LogP) is 1.59. The molecule has 0 fully saturated rings. The molecule has 1 aromatic heterocycles. The van der Waals surface area contributed by atoms with E-state index in [-0.39, 0.29) is 18.7 Å². The molecule has 1 amide bonds. The van der Waals surface area contributed by atoms with E-state index in [1.165, 1.54) is 10.9 Å². The molecule has 0 unspecified atom stereocenters. The number of rotatable bonds is 6. The Morgan fingerprint density at radius 1 is 1.33 bits per heavy atom. The fourth-order valence-corrected chi connectivity index (χ4v) is 1.86. The fraction of sp³-hybridized carbons (Fsp3) is 0.231. The zero-order chi connectivity index (χ0) is 15.2. The van der Waals surface area contributed by atoms with Crippen molar-refractivity contribution in [2.24, 2.45) is 0 Å². The van der Waals surface area contributed by atoms with Gasteiger partial charge in [-0.3, -0.25) is 14.3 Å². The van der Waals surface area contributed by atoms with Gasteiger partial charge in [0.2, 0.25) is 5.91 Å². The zero-order valence-corrected chi connectivity index (χ0v) is 11.7. The van der Waals surface area contributed by atoms with Crippen LogP contribution in [-0.2, 0) is 22.6 Å². The molecule has 2 aromatic rings. The lowest BCUT2D eigenvalue weighted by atomic mass is 10.3. The fourth-order valence-electron chi connectivity index (χ4n) is 1.68. The highest BCUT2D eigenvalue weighted by Crippen LogP contribution is 2.20. The minimum absolute atomic E-state index is 0.182. The molecule has 0 aliphatic heterocycles. The zero-order valence-electron chi connectivity index (χ0n) is 11.0. The second kappa shape index (κ2) is 6.85. The maximum atomic E-state index is 11.8. The molecular formula is C13H13ClN4O3. The van der Waals surface area contributed by atoms with Crippen LogP contribution in [0.2, 0.25) is 5.02 Å². The number of carboxylic acids is 1. The summed E-state index contributed by atoms with van der Waals surface area (Å²) in [5.41, 5.74) is 0.906. The Morgan fingerprint density at radius 3 is 2.81 bits per heavy atom. The van der Waals surface area contributed by atoms with Gasteiger partial charge in [0.15, 0.2) is 0 Å². The van der Waals surface area contributed by atoms with Crippen LogP contribution in [0, 0.1) is 0 Å². The molecule has 21 heavy (non-hydrogen) atoms. The van der Waals surface area contributed by atoms with Crippen molar-refractivity contribution in [1.82, 2.24) is 15.0 Å². The van der Waals surface area contributed by atoms with Crippen LogP contribution in [0.3, 0.4) is 0 Å². The van der Waals surface area contributed by atoms with Gasteiger partial charge in [-0.05, 0) is 12.1 Å². The maximum absolute atomic E-state index is 11.8. The largest absolute Gasteiger partial charge is 0.481 e. The van der Waals surface area contributed by atoms with Gasteiger partial charge in [-0.1, -0.05) is 28.9 Å². The Kier molecular flexibility index (Phi) is 4.89. The van der Waals surface area contributed by atoms with E-state index in [0.29, 0.717) is 22.9 Å². The third-order valence-electron chi connectivity index (χ3n) is 2.63. The van der Waals surface area contributed by atoms with Crippen LogP contribution in [0.15, 0.2) is 30.5 Å². The predicted molar refractivity (Wildman–Crippen MR) is 76.1 cm³/mol. The Hall–Kier alpha value is -2.41. The highest BCUT2D eigenvalue weighted by Gasteiger charge is 2.08. The van der Waals surface area contributed by atoms with Crippen LogP contribution in [0.25, 0.3) is 0 Å². The van der Waals surface area contributed by atoms with Crippen LogP contribution >= 0.6 is 11.6 Å². The van der Waals surface area contributed by atoms with Crippen molar-refractivity contribution in [2.75, 3.05) is 5.32 Å². The molecule has 0 radical (unpaired) electrons. The van der Waals surface area contributed by atoms with Crippen molar-refractivity contribution in [3.8, 4) is 0 Å². The van der Waals surface area contributed by atoms with E-state index in [0.717, 1.165) is 0 Å². The van der Waals surface area contributed by atoms with Gasteiger partial charge in [-0.25, -0.2) is 0 Å². The van der Waals surface area contributed by atoms with Crippen LogP contribution in [0.4, 0.5) is 5.69 Å². The molecule has 0 aliphatic carbocycles. The number of nitrogens with zero attached hydrogens (tertiary/aromatic N) is 3. The Labute approximate surface area is 125 Å². The van der Waals surface area contributed by atoms with E-state index in [1.54, 1.807) is 24.3 Å². The molecule has 7 nitrogen and oxygen atoms in total. The van der Waals surface area contributed by atoms with Gasteiger partial charge in [-0.15, -0.1) is 5.10 Å². The second-order valence-electron chi connectivity index (χ2n) is 4.32. The van der Waals surface area contributed by atoms with E-state index < -0.39 is 5.97 Å². The third-order valence-corrected chi connectivity index (χ3v) is 2.96. The summed E-state index contributed by atoms with van der Waals surface area (Å²) in [6.45, 7) is 0.308. The number of carbonyl (C=O) groups is 2. The number of hydrogen-bond acceptors (Lipinski definition) is 4. The quantitative estimate of drug-likeness (QED) is 0.844. The normalized spacial score (nSPS) is 10.3. The van der Waals surface area contributed by atoms with Crippen molar-refractivity contribution in [2.45, 2.75) is 19.4 Å². The first-order chi connectivity index (χ1) is 10.0. The number of amides is 1.